The van der Waals surface area contributed by atoms with E-state index in [0.717, 1.165) is 30.8 Å². The SMILES string of the molecule is CCC(C)(C)CCOc1ccc(CNC(=O)COC(C)(C)C)cc1. The zero-order valence-electron chi connectivity index (χ0n) is 16.1. The Morgan fingerprint density at radius 2 is 1.71 bits per heavy atom. The van der Waals surface area contributed by atoms with E-state index in [9.17, 15) is 4.79 Å². The van der Waals surface area contributed by atoms with E-state index in [1.807, 2.05) is 45.0 Å². The summed E-state index contributed by atoms with van der Waals surface area (Å²) in [6, 6.07) is 7.86. The number of carbonyl (C=O) groups excluding carboxylic acids is 1. The summed E-state index contributed by atoms with van der Waals surface area (Å²) in [7, 11) is 0. The Morgan fingerprint density at radius 3 is 2.25 bits per heavy atom. The van der Waals surface area contributed by atoms with Gasteiger partial charge in [0.05, 0.1) is 12.2 Å². The molecule has 0 radical (unpaired) electrons. The van der Waals surface area contributed by atoms with Crippen molar-refractivity contribution in [1.29, 1.82) is 0 Å². The van der Waals surface area contributed by atoms with Gasteiger partial charge in [0, 0.05) is 6.54 Å². The van der Waals surface area contributed by atoms with Crippen LogP contribution in [0.25, 0.3) is 0 Å². The quantitative estimate of drug-likeness (QED) is 0.731. The Morgan fingerprint density at radius 1 is 1.08 bits per heavy atom. The number of carbonyl (C=O) groups is 1. The van der Waals surface area contributed by atoms with Crippen molar-refractivity contribution < 1.29 is 14.3 Å². The van der Waals surface area contributed by atoms with Crippen LogP contribution < -0.4 is 10.1 Å². The van der Waals surface area contributed by atoms with E-state index < -0.39 is 0 Å². The molecule has 0 aliphatic rings. The monoisotopic (exact) mass is 335 g/mol. The fourth-order valence-corrected chi connectivity index (χ4v) is 1.86. The lowest BCUT2D eigenvalue weighted by atomic mass is 9.87. The molecule has 1 N–H and O–H groups in total. The second-order valence-electron chi connectivity index (χ2n) is 7.94. The molecule has 0 spiro atoms. The highest BCUT2D eigenvalue weighted by atomic mass is 16.5. The maximum Gasteiger partial charge on any atom is 0.246 e. The zero-order chi connectivity index (χ0) is 18.2. The minimum atomic E-state index is -0.303. The number of hydrogen-bond donors (Lipinski definition) is 1. The molecule has 0 aliphatic heterocycles. The van der Waals surface area contributed by atoms with Gasteiger partial charge in [0.15, 0.2) is 0 Å². The van der Waals surface area contributed by atoms with E-state index in [4.69, 9.17) is 9.47 Å². The molecule has 1 rings (SSSR count). The predicted molar refractivity (Wildman–Crippen MR) is 98.2 cm³/mol. The van der Waals surface area contributed by atoms with Crippen LogP contribution in [-0.2, 0) is 16.1 Å². The molecular weight excluding hydrogens is 302 g/mol. The molecule has 0 unspecified atom stereocenters. The molecule has 4 nitrogen and oxygen atoms in total. The minimum Gasteiger partial charge on any atom is -0.494 e. The summed E-state index contributed by atoms with van der Waals surface area (Å²) in [5.41, 5.74) is 1.06. The average Bonchev–Trinajstić information content (AvgIpc) is 2.51. The van der Waals surface area contributed by atoms with Crippen molar-refractivity contribution in [3.05, 3.63) is 29.8 Å². The van der Waals surface area contributed by atoms with Crippen molar-refractivity contribution >= 4 is 5.91 Å². The molecule has 0 fully saturated rings. The lowest BCUT2D eigenvalue weighted by molar-refractivity contribution is -0.130. The maximum absolute atomic E-state index is 11.7. The fraction of sp³-hybridized carbons (Fsp3) is 0.650. The molecule has 0 aliphatic carbocycles. The van der Waals surface area contributed by atoms with Crippen LogP contribution in [0.5, 0.6) is 5.75 Å². The maximum atomic E-state index is 11.7. The molecule has 24 heavy (non-hydrogen) atoms. The van der Waals surface area contributed by atoms with Crippen molar-refractivity contribution in [2.24, 2.45) is 5.41 Å². The number of hydrogen-bond acceptors (Lipinski definition) is 3. The number of nitrogens with one attached hydrogen (secondary N) is 1. The molecule has 1 aromatic rings. The molecule has 136 valence electrons. The largest absolute Gasteiger partial charge is 0.494 e. The summed E-state index contributed by atoms with van der Waals surface area (Å²) in [5, 5.41) is 2.86. The van der Waals surface area contributed by atoms with E-state index in [1.165, 1.54) is 0 Å². The second-order valence-corrected chi connectivity index (χ2v) is 7.94. The van der Waals surface area contributed by atoms with Crippen LogP contribution >= 0.6 is 0 Å². The lowest BCUT2D eigenvalue weighted by Crippen LogP contribution is -2.31. The molecule has 0 aromatic heterocycles. The van der Waals surface area contributed by atoms with Gasteiger partial charge in [-0.15, -0.1) is 0 Å². The van der Waals surface area contributed by atoms with Crippen molar-refractivity contribution in [2.45, 2.75) is 66.5 Å². The van der Waals surface area contributed by atoms with Crippen LogP contribution in [0.1, 0.15) is 59.9 Å². The highest BCUT2D eigenvalue weighted by Crippen LogP contribution is 2.24. The van der Waals surface area contributed by atoms with Gasteiger partial charge in [-0.1, -0.05) is 39.3 Å². The van der Waals surface area contributed by atoms with Gasteiger partial charge in [0.25, 0.3) is 0 Å². The fourth-order valence-electron chi connectivity index (χ4n) is 1.86. The van der Waals surface area contributed by atoms with Gasteiger partial charge in [-0.05, 0) is 50.3 Å². The number of benzene rings is 1. The van der Waals surface area contributed by atoms with E-state index in [0.29, 0.717) is 12.0 Å². The Balaban J connectivity index is 2.33. The molecule has 0 heterocycles. The number of ether oxygens (including phenoxy) is 2. The summed E-state index contributed by atoms with van der Waals surface area (Å²) >= 11 is 0. The summed E-state index contributed by atoms with van der Waals surface area (Å²) in [4.78, 5) is 11.7. The van der Waals surface area contributed by atoms with Crippen LogP contribution in [0.4, 0.5) is 0 Å². The van der Waals surface area contributed by atoms with Crippen LogP contribution in [0, 0.1) is 5.41 Å². The van der Waals surface area contributed by atoms with Gasteiger partial charge in [-0.2, -0.15) is 0 Å². The number of amides is 1. The normalized spacial score (nSPS) is 12.1. The molecule has 0 saturated carbocycles. The Bertz CT molecular complexity index is 501. The second kappa shape index (κ2) is 9.07. The van der Waals surface area contributed by atoms with Crippen LogP contribution in [-0.4, -0.2) is 24.7 Å². The van der Waals surface area contributed by atoms with Gasteiger partial charge < -0.3 is 14.8 Å². The van der Waals surface area contributed by atoms with Crippen LogP contribution in [0.15, 0.2) is 24.3 Å². The highest BCUT2D eigenvalue weighted by Gasteiger charge is 2.15. The first kappa shape index (κ1) is 20.5. The van der Waals surface area contributed by atoms with Crippen LogP contribution in [0.3, 0.4) is 0 Å². The van der Waals surface area contributed by atoms with Crippen LogP contribution in [0.2, 0.25) is 0 Å². The predicted octanol–water partition coefficient (Wildman–Crippen LogP) is 4.32. The molecular formula is C20H33NO3. The molecule has 0 saturated heterocycles. The summed E-state index contributed by atoms with van der Waals surface area (Å²) < 4.78 is 11.2. The Hall–Kier alpha value is -1.55. The third-order valence-corrected chi connectivity index (χ3v) is 4.05. The van der Waals surface area contributed by atoms with Gasteiger partial charge >= 0.3 is 0 Å². The van der Waals surface area contributed by atoms with E-state index >= 15 is 0 Å². The van der Waals surface area contributed by atoms with Gasteiger partial charge in [0.2, 0.25) is 5.91 Å². The topological polar surface area (TPSA) is 47.6 Å². The molecule has 0 bridgehead atoms. The van der Waals surface area contributed by atoms with Crippen molar-refractivity contribution in [1.82, 2.24) is 5.32 Å². The van der Waals surface area contributed by atoms with Gasteiger partial charge in [0.1, 0.15) is 12.4 Å². The van der Waals surface area contributed by atoms with E-state index in [1.54, 1.807) is 0 Å². The Kier molecular flexibility index (Phi) is 7.74. The Labute approximate surface area is 146 Å². The summed E-state index contributed by atoms with van der Waals surface area (Å²) in [6.45, 7) is 13.8. The lowest BCUT2D eigenvalue weighted by Gasteiger charge is -2.22. The first-order valence-electron chi connectivity index (χ1n) is 8.74. The van der Waals surface area contributed by atoms with Crippen molar-refractivity contribution in [2.75, 3.05) is 13.2 Å². The molecule has 4 heteroatoms. The third kappa shape index (κ3) is 8.92. The van der Waals surface area contributed by atoms with Gasteiger partial charge in [-0.3, -0.25) is 4.79 Å². The summed E-state index contributed by atoms with van der Waals surface area (Å²) in [5.74, 6) is 0.764. The van der Waals surface area contributed by atoms with E-state index in [2.05, 4.69) is 26.1 Å². The highest BCUT2D eigenvalue weighted by molar-refractivity contribution is 5.77. The first-order chi connectivity index (χ1) is 11.1. The summed E-state index contributed by atoms with van der Waals surface area (Å²) in [6.07, 6.45) is 2.18. The van der Waals surface area contributed by atoms with E-state index in [-0.39, 0.29) is 18.1 Å². The van der Waals surface area contributed by atoms with Crippen molar-refractivity contribution in [3.8, 4) is 5.75 Å². The smallest absolute Gasteiger partial charge is 0.246 e. The first-order valence-corrected chi connectivity index (χ1v) is 8.74. The third-order valence-electron chi connectivity index (χ3n) is 4.05. The zero-order valence-corrected chi connectivity index (χ0v) is 16.1. The molecule has 0 atom stereocenters. The van der Waals surface area contributed by atoms with Gasteiger partial charge in [-0.25, -0.2) is 0 Å². The minimum absolute atomic E-state index is 0.0813. The number of rotatable bonds is 9. The average molecular weight is 335 g/mol. The molecule has 1 amide bonds. The standard InChI is InChI=1S/C20H33NO3/c1-7-20(5,6)12-13-23-17-10-8-16(9-11-17)14-21-18(22)15-24-19(2,3)4/h8-11H,7,12-15H2,1-6H3,(H,21,22). The van der Waals surface area contributed by atoms with Crippen molar-refractivity contribution in [3.63, 3.8) is 0 Å². The molecule has 1 aromatic carbocycles.